The number of aromatic nitrogens is 2. The standard InChI is InChI=1S/C37H36N6O5S/c1-42(2)27-8-11-30-32(20-27)49-36(40-30)24-5-3-23(4-6-24)25-7-13-33(39-21-25)38-15-16-47-17-18-48-28-9-10-29-26(19-28)22-43(37(29)46)31-12-14-34(44)41-35(31)45/h3-11,13,19-21,31H,12,14-18,22H2,1-2H3,(H,38,39)(H,41,44,45). The molecule has 250 valence electrons. The molecule has 2 aliphatic rings. The molecule has 11 nitrogen and oxygen atoms in total. The number of benzene rings is 3. The predicted octanol–water partition coefficient (Wildman–Crippen LogP) is 5.36. The monoisotopic (exact) mass is 676 g/mol. The van der Waals surface area contributed by atoms with E-state index < -0.39 is 11.9 Å². The Bertz CT molecular complexity index is 2010. The molecule has 5 aromatic rings. The highest BCUT2D eigenvalue weighted by Gasteiger charge is 2.39. The number of anilines is 2. The van der Waals surface area contributed by atoms with Gasteiger partial charge in [0.25, 0.3) is 5.91 Å². The Morgan fingerprint density at radius 3 is 2.53 bits per heavy atom. The third-order valence-corrected chi connectivity index (χ3v) is 9.73. The van der Waals surface area contributed by atoms with Gasteiger partial charge in [-0.25, -0.2) is 9.97 Å². The summed E-state index contributed by atoms with van der Waals surface area (Å²) in [6, 6.07) is 23.4. The number of ether oxygens (including phenoxy) is 2. The molecule has 1 saturated heterocycles. The van der Waals surface area contributed by atoms with Gasteiger partial charge in [-0.3, -0.25) is 19.7 Å². The van der Waals surface area contributed by atoms with Crippen molar-refractivity contribution < 1.29 is 23.9 Å². The second-order valence-electron chi connectivity index (χ2n) is 12.2. The van der Waals surface area contributed by atoms with Gasteiger partial charge in [0.2, 0.25) is 11.8 Å². The molecule has 1 fully saturated rings. The van der Waals surface area contributed by atoms with E-state index in [1.807, 2.05) is 38.5 Å². The summed E-state index contributed by atoms with van der Waals surface area (Å²) >= 11 is 1.70. The summed E-state index contributed by atoms with van der Waals surface area (Å²) in [4.78, 5) is 49.6. The molecule has 3 aromatic carbocycles. The van der Waals surface area contributed by atoms with Crippen molar-refractivity contribution in [3.8, 4) is 27.4 Å². The van der Waals surface area contributed by atoms with Gasteiger partial charge in [-0.15, -0.1) is 11.3 Å². The fourth-order valence-corrected chi connectivity index (χ4v) is 7.01. The number of nitrogens with zero attached hydrogens (tertiary/aromatic N) is 4. The van der Waals surface area contributed by atoms with Gasteiger partial charge in [0.05, 0.1) is 23.4 Å². The first-order valence-corrected chi connectivity index (χ1v) is 17.0. The molecule has 1 unspecified atom stereocenters. The Morgan fingerprint density at radius 1 is 0.939 bits per heavy atom. The minimum atomic E-state index is -0.636. The van der Waals surface area contributed by atoms with Crippen LogP contribution < -0.4 is 20.3 Å². The quantitative estimate of drug-likeness (QED) is 0.133. The van der Waals surface area contributed by atoms with E-state index in [1.165, 1.54) is 9.60 Å². The number of carbonyl (C=O) groups excluding carboxylic acids is 3. The number of rotatable bonds is 12. The summed E-state index contributed by atoms with van der Waals surface area (Å²) in [7, 11) is 4.08. The SMILES string of the molecule is CN(C)c1ccc2nc(-c3ccc(-c4ccc(NCCOCCOc5ccc6c(c5)CN(C5CCC(=O)NC5=O)C6=O)nc4)cc3)sc2c1. The van der Waals surface area contributed by atoms with Crippen molar-refractivity contribution in [2.75, 3.05) is 50.7 Å². The molecular weight excluding hydrogens is 641 g/mol. The summed E-state index contributed by atoms with van der Waals surface area (Å²) in [6.45, 7) is 2.14. The average Bonchev–Trinajstić information content (AvgIpc) is 3.68. The maximum Gasteiger partial charge on any atom is 0.255 e. The first kappa shape index (κ1) is 32.2. The molecule has 4 heterocycles. The predicted molar refractivity (Wildman–Crippen MR) is 190 cm³/mol. The van der Waals surface area contributed by atoms with E-state index in [2.05, 4.69) is 63.0 Å². The van der Waals surface area contributed by atoms with Crippen LogP contribution in [0.2, 0.25) is 0 Å². The van der Waals surface area contributed by atoms with Crippen LogP contribution in [-0.2, 0) is 20.9 Å². The lowest BCUT2D eigenvalue weighted by Gasteiger charge is -2.29. The molecule has 2 aliphatic heterocycles. The summed E-state index contributed by atoms with van der Waals surface area (Å²) < 4.78 is 12.7. The van der Waals surface area contributed by atoms with E-state index in [4.69, 9.17) is 14.5 Å². The minimum absolute atomic E-state index is 0.203. The van der Waals surface area contributed by atoms with Crippen molar-refractivity contribution in [2.45, 2.75) is 25.4 Å². The lowest BCUT2D eigenvalue weighted by atomic mass is 10.0. The van der Waals surface area contributed by atoms with Crippen LogP contribution in [0.15, 0.2) is 79.0 Å². The number of nitrogens with one attached hydrogen (secondary N) is 2. The molecule has 0 saturated carbocycles. The van der Waals surface area contributed by atoms with Crippen LogP contribution in [0.25, 0.3) is 31.9 Å². The van der Waals surface area contributed by atoms with Crippen LogP contribution in [-0.4, -0.2) is 79.1 Å². The third kappa shape index (κ3) is 7.10. The van der Waals surface area contributed by atoms with Gasteiger partial charge in [-0.1, -0.05) is 24.3 Å². The summed E-state index contributed by atoms with van der Waals surface area (Å²) in [5.41, 5.74) is 6.75. The van der Waals surface area contributed by atoms with Crippen molar-refractivity contribution in [3.05, 3.63) is 90.1 Å². The van der Waals surface area contributed by atoms with Crippen molar-refractivity contribution in [2.24, 2.45) is 0 Å². The number of carbonyl (C=O) groups is 3. The highest BCUT2D eigenvalue weighted by Crippen LogP contribution is 2.34. The van der Waals surface area contributed by atoms with E-state index in [0.717, 1.165) is 44.3 Å². The first-order chi connectivity index (χ1) is 23.8. The molecule has 49 heavy (non-hydrogen) atoms. The Balaban J connectivity index is 0.831. The summed E-state index contributed by atoms with van der Waals surface area (Å²) in [5.74, 6) is 0.475. The number of imide groups is 1. The van der Waals surface area contributed by atoms with Gasteiger partial charge in [0, 0.05) is 62.2 Å². The zero-order valence-corrected chi connectivity index (χ0v) is 28.1. The number of piperidine rings is 1. The molecule has 0 spiro atoms. The Labute approximate surface area is 287 Å². The topological polar surface area (TPSA) is 126 Å². The van der Waals surface area contributed by atoms with Gasteiger partial charge in [0.15, 0.2) is 0 Å². The molecule has 2 aromatic heterocycles. The number of amides is 3. The zero-order chi connectivity index (χ0) is 33.9. The summed E-state index contributed by atoms with van der Waals surface area (Å²) in [5, 5.41) is 6.61. The smallest absolute Gasteiger partial charge is 0.255 e. The molecule has 7 rings (SSSR count). The second kappa shape index (κ2) is 14.0. The lowest BCUT2D eigenvalue weighted by molar-refractivity contribution is -0.136. The largest absolute Gasteiger partial charge is 0.491 e. The van der Waals surface area contributed by atoms with E-state index in [1.54, 1.807) is 23.5 Å². The highest BCUT2D eigenvalue weighted by atomic mass is 32.1. The number of hydrogen-bond donors (Lipinski definition) is 2. The van der Waals surface area contributed by atoms with Crippen LogP contribution >= 0.6 is 11.3 Å². The van der Waals surface area contributed by atoms with Crippen molar-refractivity contribution in [1.82, 2.24) is 20.2 Å². The maximum atomic E-state index is 12.9. The van der Waals surface area contributed by atoms with Crippen LogP contribution in [0.5, 0.6) is 5.75 Å². The molecule has 12 heteroatoms. The highest BCUT2D eigenvalue weighted by molar-refractivity contribution is 7.21. The van der Waals surface area contributed by atoms with Gasteiger partial charge in [-0.05, 0) is 66.1 Å². The molecule has 2 N–H and O–H groups in total. The lowest BCUT2D eigenvalue weighted by Crippen LogP contribution is -2.52. The summed E-state index contributed by atoms with van der Waals surface area (Å²) in [6.07, 6.45) is 2.42. The Kier molecular flexibility index (Phi) is 9.23. The maximum absolute atomic E-state index is 12.9. The number of hydrogen-bond acceptors (Lipinski definition) is 10. The minimum Gasteiger partial charge on any atom is -0.491 e. The Morgan fingerprint density at radius 2 is 1.76 bits per heavy atom. The van der Waals surface area contributed by atoms with Crippen LogP contribution in [0.1, 0.15) is 28.8 Å². The van der Waals surface area contributed by atoms with Crippen molar-refractivity contribution >= 4 is 50.8 Å². The fourth-order valence-electron chi connectivity index (χ4n) is 6.00. The third-order valence-electron chi connectivity index (χ3n) is 8.66. The number of fused-ring (bicyclic) bond motifs is 2. The fraction of sp³-hybridized carbons (Fsp3) is 0.270. The molecule has 0 aliphatic carbocycles. The normalized spacial score (nSPS) is 15.8. The Hall–Kier alpha value is -5.33. The van der Waals surface area contributed by atoms with E-state index in [9.17, 15) is 14.4 Å². The van der Waals surface area contributed by atoms with Gasteiger partial charge >= 0.3 is 0 Å². The van der Waals surface area contributed by atoms with Crippen LogP contribution in [0.4, 0.5) is 11.5 Å². The first-order valence-electron chi connectivity index (χ1n) is 16.2. The van der Waals surface area contributed by atoms with Crippen molar-refractivity contribution in [3.63, 3.8) is 0 Å². The van der Waals surface area contributed by atoms with Crippen LogP contribution in [0, 0.1) is 0 Å². The van der Waals surface area contributed by atoms with E-state index in [0.29, 0.717) is 50.6 Å². The molecule has 3 amide bonds. The zero-order valence-electron chi connectivity index (χ0n) is 27.3. The second-order valence-corrected chi connectivity index (χ2v) is 13.2. The van der Waals surface area contributed by atoms with Crippen LogP contribution in [0.3, 0.4) is 0 Å². The van der Waals surface area contributed by atoms with Gasteiger partial charge < -0.3 is 24.6 Å². The number of thiazole rings is 1. The molecule has 1 atom stereocenters. The van der Waals surface area contributed by atoms with Gasteiger partial charge in [0.1, 0.15) is 29.2 Å². The van der Waals surface area contributed by atoms with E-state index in [-0.39, 0.29) is 18.2 Å². The average molecular weight is 677 g/mol. The van der Waals surface area contributed by atoms with E-state index >= 15 is 0 Å². The van der Waals surface area contributed by atoms with Crippen molar-refractivity contribution in [1.29, 1.82) is 0 Å². The molecular formula is C37H36N6O5S. The van der Waals surface area contributed by atoms with Gasteiger partial charge in [-0.2, -0.15) is 0 Å². The molecule has 0 radical (unpaired) electrons. The molecule has 0 bridgehead atoms. The number of pyridine rings is 1.